The minimum absolute atomic E-state index is 0.0489. The number of rotatable bonds is 6. The molecule has 3 rings (SSSR count). The molecule has 0 saturated heterocycles. The van der Waals surface area contributed by atoms with Crippen molar-refractivity contribution in [3.63, 3.8) is 0 Å². The summed E-state index contributed by atoms with van der Waals surface area (Å²) < 4.78 is 6.74. The molecule has 6 nitrogen and oxygen atoms in total. The van der Waals surface area contributed by atoms with Crippen molar-refractivity contribution in [2.24, 2.45) is 0 Å². The van der Waals surface area contributed by atoms with E-state index in [2.05, 4.69) is 5.32 Å². The molecular weight excluding hydrogens is 398 g/mol. The van der Waals surface area contributed by atoms with Gasteiger partial charge in [0.05, 0.1) is 19.2 Å². The highest BCUT2D eigenvalue weighted by Gasteiger charge is 2.14. The second-order valence-electron chi connectivity index (χ2n) is 6.63. The molecule has 2 heterocycles. The SMILES string of the molecule is COC(=O)c1ccc(-n2c(C)cc(C=C(C#N)C(=O)NCc3cccs3)c2C)cc1. The third-order valence-electron chi connectivity index (χ3n) is 4.69. The van der Waals surface area contributed by atoms with Gasteiger partial charge in [-0.15, -0.1) is 11.3 Å². The van der Waals surface area contributed by atoms with Gasteiger partial charge >= 0.3 is 5.97 Å². The lowest BCUT2D eigenvalue weighted by atomic mass is 10.1. The number of ether oxygens (including phenoxy) is 1. The maximum Gasteiger partial charge on any atom is 0.337 e. The number of amides is 1. The van der Waals surface area contributed by atoms with Crippen molar-refractivity contribution in [2.45, 2.75) is 20.4 Å². The van der Waals surface area contributed by atoms with E-state index in [1.165, 1.54) is 7.11 Å². The number of nitrogens with one attached hydrogen (secondary N) is 1. The molecule has 3 aromatic rings. The van der Waals surface area contributed by atoms with Gasteiger partial charge in [0.1, 0.15) is 11.6 Å². The summed E-state index contributed by atoms with van der Waals surface area (Å²) in [4.78, 5) is 25.1. The molecule has 0 aliphatic heterocycles. The van der Waals surface area contributed by atoms with E-state index in [0.717, 1.165) is 27.5 Å². The van der Waals surface area contributed by atoms with Crippen LogP contribution in [0.3, 0.4) is 0 Å². The van der Waals surface area contributed by atoms with Gasteiger partial charge in [-0.25, -0.2) is 4.79 Å². The summed E-state index contributed by atoms with van der Waals surface area (Å²) in [6.07, 6.45) is 1.60. The van der Waals surface area contributed by atoms with Crippen LogP contribution in [0, 0.1) is 25.2 Å². The van der Waals surface area contributed by atoms with Gasteiger partial charge in [-0.2, -0.15) is 5.26 Å². The highest BCUT2D eigenvalue weighted by atomic mass is 32.1. The molecule has 0 radical (unpaired) electrons. The minimum atomic E-state index is -0.405. The number of hydrogen-bond acceptors (Lipinski definition) is 5. The summed E-state index contributed by atoms with van der Waals surface area (Å²) in [6.45, 7) is 4.26. The van der Waals surface area contributed by atoms with Gasteiger partial charge in [0.25, 0.3) is 5.91 Å². The van der Waals surface area contributed by atoms with Crippen molar-refractivity contribution < 1.29 is 14.3 Å². The van der Waals surface area contributed by atoms with Crippen LogP contribution in [0.25, 0.3) is 11.8 Å². The summed E-state index contributed by atoms with van der Waals surface area (Å²) in [6, 6.07) is 14.8. The molecule has 2 aromatic heterocycles. The maximum absolute atomic E-state index is 12.4. The number of carbonyl (C=O) groups excluding carboxylic acids is 2. The predicted molar refractivity (Wildman–Crippen MR) is 116 cm³/mol. The van der Waals surface area contributed by atoms with Crippen molar-refractivity contribution in [3.8, 4) is 11.8 Å². The number of carbonyl (C=O) groups is 2. The van der Waals surface area contributed by atoms with E-state index >= 15 is 0 Å². The number of esters is 1. The zero-order valence-corrected chi connectivity index (χ0v) is 17.7. The molecule has 7 heteroatoms. The Kier molecular flexibility index (Phi) is 6.50. The molecule has 0 spiro atoms. The van der Waals surface area contributed by atoms with Gasteiger partial charge in [0.2, 0.25) is 0 Å². The Morgan fingerprint density at radius 2 is 1.97 bits per heavy atom. The largest absolute Gasteiger partial charge is 0.465 e. The lowest BCUT2D eigenvalue weighted by Crippen LogP contribution is -2.23. The molecule has 0 saturated carbocycles. The molecule has 0 atom stereocenters. The number of hydrogen-bond donors (Lipinski definition) is 1. The fraction of sp³-hybridized carbons (Fsp3) is 0.174. The number of nitrogens with zero attached hydrogens (tertiary/aromatic N) is 2. The summed E-state index contributed by atoms with van der Waals surface area (Å²) in [5.74, 6) is -0.795. The molecule has 0 aliphatic carbocycles. The number of benzene rings is 1. The van der Waals surface area contributed by atoms with Gasteiger partial charge in [-0.05, 0) is 67.3 Å². The Morgan fingerprint density at radius 1 is 1.23 bits per heavy atom. The predicted octanol–water partition coefficient (Wildman–Crippen LogP) is 4.17. The molecular formula is C23H21N3O3S. The number of nitriles is 1. The fourth-order valence-corrected chi connectivity index (χ4v) is 3.82. The Labute approximate surface area is 179 Å². The van der Waals surface area contributed by atoms with E-state index in [4.69, 9.17) is 4.74 Å². The number of thiophene rings is 1. The Balaban J connectivity index is 1.85. The van der Waals surface area contributed by atoms with Crippen molar-refractivity contribution in [2.75, 3.05) is 7.11 Å². The summed E-state index contributed by atoms with van der Waals surface area (Å²) in [7, 11) is 1.35. The van der Waals surface area contributed by atoms with Crippen LogP contribution in [0.4, 0.5) is 0 Å². The summed E-state index contributed by atoms with van der Waals surface area (Å²) in [5, 5.41) is 14.2. The highest BCUT2D eigenvalue weighted by Crippen LogP contribution is 2.23. The summed E-state index contributed by atoms with van der Waals surface area (Å²) >= 11 is 1.55. The minimum Gasteiger partial charge on any atom is -0.465 e. The third kappa shape index (κ3) is 4.50. The zero-order valence-electron chi connectivity index (χ0n) is 16.9. The standard InChI is InChI=1S/C23H21N3O3S/c1-15-11-18(12-19(13-24)22(27)25-14-21-5-4-10-30-21)16(2)26(15)20-8-6-17(7-9-20)23(28)29-3/h4-12H,14H2,1-3H3,(H,25,27). The van der Waals surface area contributed by atoms with Gasteiger partial charge in [-0.1, -0.05) is 6.07 Å². The highest BCUT2D eigenvalue weighted by molar-refractivity contribution is 7.09. The molecule has 0 aliphatic rings. The number of aromatic nitrogens is 1. The van der Waals surface area contributed by atoms with Gasteiger partial charge in [0.15, 0.2) is 0 Å². The van der Waals surface area contributed by atoms with E-state index in [1.807, 2.05) is 60.2 Å². The van der Waals surface area contributed by atoms with Crippen LogP contribution < -0.4 is 5.32 Å². The Hall–Kier alpha value is -3.63. The fourth-order valence-electron chi connectivity index (χ4n) is 3.18. The van der Waals surface area contributed by atoms with Crippen LogP contribution in [0.15, 0.2) is 53.4 Å². The topological polar surface area (TPSA) is 84.1 Å². The van der Waals surface area contributed by atoms with Crippen molar-refractivity contribution in [1.29, 1.82) is 5.26 Å². The second-order valence-corrected chi connectivity index (χ2v) is 7.66. The Bertz CT molecular complexity index is 1130. The first-order valence-electron chi connectivity index (χ1n) is 9.24. The maximum atomic E-state index is 12.4. The number of methoxy groups -OCH3 is 1. The first-order chi connectivity index (χ1) is 14.4. The van der Waals surface area contributed by atoms with Gasteiger partial charge in [0, 0.05) is 22.0 Å². The van der Waals surface area contributed by atoms with Crippen LogP contribution in [-0.2, 0) is 16.1 Å². The van der Waals surface area contributed by atoms with Crippen LogP contribution in [-0.4, -0.2) is 23.6 Å². The smallest absolute Gasteiger partial charge is 0.337 e. The van der Waals surface area contributed by atoms with Gasteiger partial charge in [-0.3, -0.25) is 4.79 Å². The second kappa shape index (κ2) is 9.25. The van der Waals surface area contributed by atoms with E-state index in [1.54, 1.807) is 29.5 Å². The average Bonchev–Trinajstić information content (AvgIpc) is 3.37. The quantitative estimate of drug-likeness (QED) is 0.369. The van der Waals surface area contributed by atoms with E-state index in [-0.39, 0.29) is 5.57 Å². The van der Waals surface area contributed by atoms with E-state index in [0.29, 0.717) is 12.1 Å². The molecule has 1 aromatic carbocycles. The lowest BCUT2D eigenvalue weighted by Gasteiger charge is -2.10. The molecule has 0 bridgehead atoms. The first kappa shape index (κ1) is 21.1. The molecule has 30 heavy (non-hydrogen) atoms. The lowest BCUT2D eigenvalue weighted by molar-refractivity contribution is -0.117. The molecule has 0 fully saturated rings. The molecule has 152 valence electrons. The third-order valence-corrected chi connectivity index (χ3v) is 5.56. The monoisotopic (exact) mass is 419 g/mol. The van der Waals surface area contributed by atoms with Crippen LogP contribution in [0.1, 0.15) is 32.2 Å². The van der Waals surface area contributed by atoms with Crippen molar-refractivity contribution in [3.05, 3.63) is 80.8 Å². The molecule has 1 N–H and O–H groups in total. The zero-order chi connectivity index (χ0) is 21.7. The molecule has 0 unspecified atom stereocenters. The van der Waals surface area contributed by atoms with Crippen LogP contribution in [0.2, 0.25) is 0 Å². The van der Waals surface area contributed by atoms with Crippen LogP contribution in [0.5, 0.6) is 0 Å². The van der Waals surface area contributed by atoms with Crippen LogP contribution >= 0.6 is 11.3 Å². The average molecular weight is 420 g/mol. The van der Waals surface area contributed by atoms with Crippen molar-refractivity contribution >= 4 is 29.3 Å². The van der Waals surface area contributed by atoms with E-state index < -0.39 is 11.9 Å². The van der Waals surface area contributed by atoms with Gasteiger partial charge < -0.3 is 14.6 Å². The van der Waals surface area contributed by atoms with E-state index in [9.17, 15) is 14.9 Å². The summed E-state index contributed by atoms with van der Waals surface area (Å²) in [5.41, 5.74) is 4.01. The van der Waals surface area contributed by atoms with Crippen molar-refractivity contribution in [1.82, 2.24) is 9.88 Å². The molecule has 1 amide bonds. The number of aryl methyl sites for hydroxylation is 1. The normalized spacial score (nSPS) is 11.1. The Morgan fingerprint density at radius 3 is 2.57 bits per heavy atom. The first-order valence-corrected chi connectivity index (χ1v) is 10.1.